The maximum atomic E-state index is 6.02. The van der Waals surface area contributed by atoms with Gasteiger partial charge in [-0.3, -0.25) is 0 Å². The van der Waals surface area contributed by atoms with E-state index in [4.69, 9.17) is 21.1 Å². The largest absolute Gasteiger partial charge is 0.454 e. The Kier molecular flexibility index (Phi) is 4.26. The van der Waals surface area contributed by atoms with Crippen LogP contribution in [0.5, 0.6) is 11.5 Å². The first kappa shape index (κ1) is 16.5. The van der Waals surface area contributed by atoms with Crippen LogP contribution >= 0.6 is 11.6 Å². The predicted octanol–water partition coefficient (Wildman–Crippen LogP) is 4.96. The Morgan fingerprint density at radius 2 is 1.77 bits per heavy atom. The van der Waals surface area contributed by atoms with Crippen molar-refractivity contribution in [3.05, 3.63) is 58.7 Å². The third-order valence-electron chi connectivity index (χ3n) is 3.93. The van der Waals surface area contributed by atoms with Crippen LogP contribution in [0.2, 0.25) is 5.02 Å². The van der Waals surface area contributed by atoms with E-state index in [0.717, 1.165) is 28.4 Å². The van der Waals surface area contributed by atoms with Gasteiger partial charge >= 0.3 is 0 Å². The van der Waals surface area contributed by atoms with Crippen molar-refractivity contribution in [2.45, 2.75) is 13.8 Å². The normalized spacial score (nSPS) is 12.1. The highest BCUT2D eigenvalue weighted by Crippen LogP contribution is 2.35. The van der Waals surface area contributed by atoms with Crippen molar-refractivity contribution in [3.63, 3.8) is 0 Å². The molecule has 0 radical (unpaired) electrons. The Morgan fingerprint density at radius 1 is 0.923 bits per heavy atom. The van der Waals surface area contributed by atoms with E-state index in [0.29, 0.717) is 22.5 Å². The molecule has 0 spiro atoms. The smallest absolute Gasteiger partial charge is 0.231 e. The summed E-state index contributed by atoms with van der Waals surface area (Å²) in [6, 6.07) is 13.2. The molecule has 4 rings (SSSR count). The van der Waals surface area contributed by atoms with Crippen LogP contribution in [0.4, 0.5) is 23.1 Å². The van der Waals surface area contributed by atoms with Gasteiger partial charge in [-0.05, 0) is 49.7 Å². The quantitative estimate of drug-likeness (QED) is 0.678. The number of hydrogen-bond acceptors (Lipinski definition) is 6. The van der Waals surface area contributed by atoms with Crippen molar-refractivity contribution in [2.24, 2.45) is 0 Å². The maximum Gasteiger partial charge on any atom is 0.231 e. The third kappa shape index (κ3) is 3.50. The fourth-order valence-electron chi connectivity index (χ4n) is 2.70. The summed E-state index contributed by atoms with van der Waals surface area (Å²) in [5.74, 6) is 2.64. The lowest BCUT2D eigenvalue weighted by Gasteiger charge is -2.12. The maximum absolute atomic E-state index is 6.02. The topological polar surface area (TPSA) is 68.3 Å². The molecular formula is C19H17ClN4O2. The van der Waals surface area contributed by atoms with E-state index in [1.165, 1.54) is 0 Å². The molecule has 132 valence electrons. The zero-order chi connectivity index (χ0) is 18.1. The first-order valence-electron chi connectivity index (χ1n) is 8.12. The molecule has 0 aliphatic carbocycles. The summed E-state index contributed by atoms with van der Waals surface area (Å²) in [6.45, 7) is 4.16. The van der Waals surface area contributed by atoms with Gasteiger partial charge in [0.25, 0.3) is 0 Å². The Balaban J connectivity index is 1.58. The number of rotatable bonds is 4. The lowest BCUT2D eigenvalue weighted by Crippen LogP contribution is -2.03. The molecule has 0 atom stereocenters. The van der Waals surface area contributed by atoms with Crippen molar-refractivity contribution >= 4 is 34.7 Å². The third-order valence-corrected chi connectivity index (χ3v) is 4.17. The summed E-state index contributed by atoms with van der Waals surface area (Å²) in [5, 5.41) is 7.22. The van der Waals surface area contributed by atoms with Crippen LogP contribution in [0.15, 0.2) is 42.5 Å². The van der Waals surface area contributed by atoms with Crippen molar-refractivity contribution in [1.29, 1.82) is 0 Å². The molecule has 0 amide bonds. The number of hydrogen-bond donors (Lipinski definition) is 2. The first-order valence-corrected chi connectivity index (χ1v) is 8.50. The Morgan fingerprint density at radius 3 is 2.62 bits per heavy atom. The number of aromatic nitrogens is 2. The van der Waals surface area contributed by atoms with Gasteiger partial charge in [0, 0.05) is 34.2 Å². The van der Waals surface area contributed by atoms with Crippen LogP contribution in [0.25, 0.3) is 0 Å². The van der Waals surface area contributed by atoms with Gasteiger partial charge in [-0.25, -0.2) is 4.98 Å². The molecule has 0 unspecified atom stereocenters. The zero-order valence-electron chi connectivity index (χ0n) is 14.3. The summed E-state index contributed by atoms with van der Waals surface area (Å²) < 4.78 is 10.7. The molecule has 0 fully saturated rings. The summed E-state index contributed by atoms with van der Waals surface area (Å²) in [4.78, 5) is 8.99. The number of benzene rings is 2. The molecule has 26 heavy (non-hydrogen) atoms. The molecule has 3 aromatic rings. The van der Waals surface area contributed by atoms with Gasteiger partial charge in [-0.15, -0.1) is 0 Å². The molecule has 1 aliphatic rings. The summed E-state index contributed by atoms with van der Waals surface area (Å²) in [6.07, 6.45) is 0. The van der Waals surface area contributed by atoms with Crippen LogP contribution in [-0.2, 0) is 0 Å². The van der Waals surface area contributed by atoms with Crippen molar-refractivity contribution < 1.29 is 9.47 Å². The molecule has 2 aromatic carbocycles. The van der Waals surface area contributed by atoms with E-state index >= 15 is 0 Å². The average molecular weight is 369 g/mol. The monoisotopic (exact) mass is 368 g/mol. The molecule has 1 aromatic heterocycles. The number of anilines is 4. The first-order chi connectivity index (χ1) is 12.6. The second kappa shape index (κ2) is 6.72. The van der Waals surface area contributed by atoms with Gasteiger partial charge in [0.1, 0.15) is 5.82 Å². The van der Waals surface area contributed by atoms with E-state index in [2.05, 4.69) is 20.6 Å². The van der Waals surface area contributed by atoms with E-state index < -0.39 is 0 Å². The lowest BCUT2D eigenvalue weighted by atomic mass is 10.2. The minimum Gasteiger partial charge on any atom is -0.454 e. The molecule has 0 saturated carbocycles. The van der Waals surface area contributed by atoms with Crippen molar-refractivity contribution in [1.82, 2.24) is 9.97 Å². The lowest BCUT2D eigenvalue weighted by molar-refractivity contribution is 0.174. The SMILES string of the molecule is Cc1cc(Nc2ccc(Cl)cc2C)nc(Nc2ccc3c(c2)OCO3)n1. The van der Waals surface area contributed by atoms with Crippen LogP contribution in [0.3, 0.4) is 0 Å². The number of nitrogens with zero attached hydrogens (tertiary/aromatic N) is 2. The molecule has 2 N–H and O–H groups in total. The van der Waals surface area contributed by atoms with Gasteiger partial charge in [-0.2, -0.15) is 4.98 Å². The van der Waals surface area contributed by atoms with Crippen LogP contribution in [-0.4, -0.2) is 16.8 Å². The fraction of sp³-hybridized carbons (Fsp3) is 0.158. The van der Waals surface area contributed by atoms with Crippen LogP contribution in [0.1, 0.15) is 11.3 Å². The molecule has 7 heteroatoms. The minimum absolute atomic E-state index is 0.244. The van der Waals surface area contributed by atoms with Gasteiger partial charge < -0.3 is 20.1 Å². The van der Waals surface area contributed by atoms with Gasteiger partial charge in [0.05, 0.1) is 0 Å². The van der Waals surface area contributed by atoms with E-state index in [9.17, 15) is 0 Å². The number of ether oxygens (including phenoxy) is 2. The highest BCUT2D eigenvalue weighted by molar-refractivity contribution is 6.30. The predicted molar refractivity (Wildman–Crippen MR) is 102 cm³/mol. The number of fused-ring (bicyclic) bond motifs is 1. The van der Waals surface area contributed by atoms with Gasteiger partial charge in [-0.1, -0.05) is 11.6 Å². The number of halogens is 1. The van der Waals surface area contributed by atoms with Gasteiger partial charge in [0.15, 0.2) is 11.5 Å². The number of aryl methyl sites for hydroxylation is 2. The molecule has 1 aliphatic heterocycles. The number of nitrogens with one attached hydrogen (secondary N) is 2. The zero-order valence-corrected chi connectivity index (χ0v) is 15.1. The highest BCUT2D eigenvalue weighted by atomic mass is 35.5. The minimum atomic E-state index is 0.244. The van der Waals surface area contributed by atoms with Gasteiger partial charge in [0.2, 0.25) is 12.7 Å². The fourth-order valence-corrected chi connectivity index (χ4v) is 2.92. The second-order valence-corrected chi connectivity index (χ2v) is 6.43. The van der Waals surface area contributed by atoms with E-state index in [-0.39, 0.29) is 6.79 Å². The Hall–Kier alpha value is -2.99. The molecule has 0 bridgehead atoms. The molecule has 2 heterocycles. The van der Waals surface area contributed by atoms with Crippen LogP contribution in [0, 0.1) is 13.8 Å². The summed E-state index contributed by atoms with van der Waals surface area (Å²) in [7, 11) is 0. The highest BCUT2D eigenvalue weighted by Gasteiger charge is 2.14. The van der Waals surface area contributed by atoms with E-state index in [1.54, 1.807) is 0 Å². The Bertz CT molecular complexity index is 978. The van der Waals surface area contributed by atoms with Crippen molar-refractivity contribution in [3.8, 4) is 11.5 Å². The summed E-state index contributed by atoms with van der Waals surface area (Å²) >= 11 is 6.02. The summed E-state index contributed by atoms with van der Waals surface area (Å²) in [5.41, 5.74) is 3.66. The van der Waals surface area contributed by atoms with Crippen molar-refractivity contribution in [2.75, 3.05) is 17.4 Å². The molecule has 0 saturated heterocycles. The molecule has 6 nitrogen and oxygen atoms in total. The van der Waals surface area contributed by atoms with Crippen LogP contribution < -0.4 is 20.1 Å². The Labute approximate surface area is 156 Å². The molecular weight excluding hydrogens is 352 g/mol. The van der Waals surface area contributed by atoms with E-state index in [1.807, 2.05) is 56.3 Å². The standard InChI is InChI=1S/C19H17ClN4O2/c1-11-7-13(20)3-5-15(11)23-18-8-12(2)21-19(24-18)22-14-4-6-16-17(9-14)26-10-25-16/h3-9H,10H2,1-2H3,(H2,21,22,23,24). The second-order valence-electron chi connectivity index (χ2n) is 6.00. The average Bonchev–Trinajstić information content (AvgIpc) is 3.05.